The summed E-state index contributed by atoms with van der Waals surface area (Å²) in [7, 11) is 0. The maximum absolute atomic E-state index is 11.5. The number of nitrogens with two attached hydrogens (primary N) is 2. The first-order valence-electron chi connectivity index (χ1n) is 5.91. The molecule has 0 radical (unpaired) electrons. The van der Waals surface area contributed by atoms with Crippen LogP contribution in [0.15, 0.2) is 11.4 Å². The second-order valence-corrected chi connectivity index (χ2v) is 5.09. The van der Waals surface area contributed by atoms with Crippen LogP contribution in [0.3, 0.4) is 0 Å². The average molecular weight is 313 g/mol. The van der Waals surface area contributed by atoms with E-state index in [0.717, 1.165) is 11.8 Å². The molecule has 21 heavy (non-hydrogen) atoms. The minimum atomic E-state index is -0.939. The van der Waals surface area contributed by atoms with Crippen molar-refractivity contribution in [3.8, 4) is 0 Å². The van der Waals surface area contributed by atoms with Crippen LogP contribution in [-0.4, -0.2) is 39.7 Å². The van der Waals surface area contributed by atoms with Gasteiger partial charge < -0.3 is 16.2 Å². The van der Waals surface area contributed by atoms with Crippen molar-refractivity contribution in [3.63, 3.8) is 0 Å². The summed E-state index contributed by atoms with van der Waals surface area (Å²) < 4.78 is 4.79. The minimum Gasteiger partial charge on any atom is -0.462 e. The number of anilines is 1. The van der Waals surface area contributed by atoms with Gasteiger partial charge in [-0.2, -0.15) is 0 Å². The Balaban J connectivity index is 2.78. The molecule has 1 atom stereocenters. The predicted molar refractivity (Wildman–Crippen MR) is 75.4 cm³/mol. The minimum absolute atomic E-state index is 0.0477. The van der Waals surface area contributed by atoms with E-state index in [0.29, 0.717) is 0 Å². The Hall–Kier alpha value is -2.36. The first-order valence-corrected chi connectivity index (χ1v) is 6.79. The second kappa shape index (κ2) is 7.43. The Morgan fingerprint density at radius 1 is 1.48 bits per heavy atom. The van der Waals surface area contributed by atoms with Gasteiger partial charge >= 0.3 is 12.0 Å². The van der Waals surface area contributed by atoms with Crippen molar-refractivity contribution < 1.29 is 19.1 Å². The quantitative estimate of drug-likeness (QED) is 0.387. The zero-order chi connectivity index (χ0) is 16.0. The number of aromatic nitrogens is 2. The van der Waals surface area contributed by atoms with Gasteiger partial charge in [-0.25, -0.2) is 19.6 Å². The van der Waals surface area contributed by atoms with E-state index in [1.165, 1.54) is 6.20 Å². The van der Waals surface area contributed by atoms with Crippen LogP contribution in [0, 0.1) is 0 Å². The summed E-state index contributed by atoms with van der Waals surface area (Å²) >= 11 is 0.967. The van der Waals surface area contributed by atoms with Crippen LogP contribution in [0.5, 0.6) is 0 Å². The summed E-state index contributed by atoms with van der Waals surface area (Å²) in [4.78, 5) is 41.4. The third kappa shape index (κ3) is 4.91. The van der Waals surface area contributed by atoms with Gasteiger partial charge in [0, 0.05) is 6.20 Å². The molecule has 0 bridgehead atoms. The van der Waals surface area contributed by atoms with Crippen LogP contribution >= 0.6 is 11.8 Å². The van der Waals surface area contributed by atoms with Gasteiger partial charge in [-0.15, -0.1) is 0 Å². The molecule has 0 aliphatic heterocycles. The Bertz CT molecular complexity index is 566. The van der Waals surface area contributed by atoms with Gasteiger partial charge in [-0.1, -0.05) is 11.8 Å². The Morgan fingerprint density at radius 3 is 2.67 bits per heavy atom. The van der Waals surface area contributed by atoms with Crippen molar-refractivity contribution in [3.05, 3.63) is 11.8 Å². The van der Waals surface area contributed by atoms with E-state index in [-0.39, 0.29) is 23.1 Å². The van der Waals surface area contributed by atoms with E-state index in [4.69, 9.17) is 16.2 Å². The van der Waals surface area contributed by atoms with E-state index in [1.807, 2.05) is 5.32 Å². The number of nitrogens with zero attached hydrogens (tertiary/aromatic N) is 2. The maximum atomic E-state index is 11.5. The highest BCUT2D eigenvalue weighted by Gasteiger charge is 2.19. The first-order chi connectivity index (χ1) is 9.85. The van der Waals surface area contributed by atoms with Crippen LogP contribution in [0.1, 0.15) is 24.2 Å². The number of nitrogens with one attached hydrogen (secondary N) is 1. The number of imide groups is 1. The molecule has 3 amide bonds. The van der Waals surface area contributed by atoms with Crippen LogP contribution < -0.4 is 16.8 Å². The van der Waals surface area contributed by atoms with Gasteiger partial charge in [0.05, 0.1) is 11.9 Å². The molecule has 0 aliphatic rings. The molecule has 114 valence electrons. The predicted octanol–water partition coefficient (Wildman–Crippen LogP) is -0.0890. The van der Waals surface area contributed by atoms with E-state index in [1.54, 1.807) is 13.8 Å². The number of hydrogen-bond acceptors (Lipinski definition) is 8. The molecule has 0 spiro atoms. The number of carbonyl (C=O) groups excluding carboxylic acids is 3. The number of amides is 3. The number of nitrogen functional groups attached to an aromatic ring is 1. The number of urea groups is 1. The number of carbonyl (C=O) groups is 3. The Labute approximate surface area is 124 Å². The molecule has 9 nitrogen and oxygen atoms in total. The van der Waals surface area contributed by atoms with E-state index >= 15 is 0 Å². The molecule has 0 fully saturated rings. The normalized spacial score (nSPS) is 11.5. The van der Waals surface area contributed by atoms with Crippen LogP contribution in [-0.2, 0) is 9.53 Å². The first kappa shape index (κ1) is 16.7. The standard InChI is InChI=1S/C11H15N5O4S/c1-3-20-9(18)6-4-14-11(15-7(6)12)21-5(2)8(17)16-10(13)19/h4-5H,3H2,1-2H3,(H2,12,14,15)(H3,13,16,17,19)/t5-/m1/s1. The molecule has 0 saturated carbocycles. The highest BCUT2D eigenvalue weighted by atomic mass is 32.2. The average Bonchev–Trinajstić information content (AvgIpc) is 2.38. The summed E-state index contributed by atoms with van der Waals surface area (Å²) in [6, 6.07) is -0.939. The zero-order valence-electron chi connectivity index (χ0n) is 11.5. The fourth-order valence-electron chi connectivity index (χ4n) is 1.24. The van der Waals surface area contributed by atoms with Crippen LogP contribution in [0.25, 0.3) is 0 Å². The lowest BCUT2D eigenvalue weighted by molar-refractivity contribution is -0.119. The molecule has 0 aliphatic carbocycles. The highest BCUT2D eigenvalue weighted by molar-refractivity contribution is 8.00. The van der Waals surface area contributed by atoms with Gasteiger partial charge in [0.25, 0.3) is 0 Å². The second-order valence-electron chi connectivity index (χ2n) is 3.79. The van der Waals surface area contributed by atoms with Crippen LogP contribution in [0.4, 0.5) is 10.6 Å². The third-order valence-corrected chi connectivity index (χ3v) is 3.16. The summed E-state index contributed by atoms with van der Waals surface area (Å²) in [6.45, 7) is 3.42. The molecule has 1 rings (SSSR count). The Kier molecular flexibility index (Phi) is 5.91. The van der Waals surface area contributed by atoms with Crippen molar-refractivity contribution in [1.82, 2.24) is 15.3 Å². The number of esters is 1. The van der Waals surface area contributed by atoms with Gasteiger partial charge in [-0.3, -0.25) is 10.1 Å². The topological polar surface area (TPSA) is 150 Å². The number of primary amides is 1. The summed E-state index contributed by atoms with van der Waals surface area (Å²) in [5.74, 6) is -1.25. The van der Waals surface area contributed by atoms with Gasteiger partial charge in [0.2, 0.25) is 5.91 Å². The number of thioether (sulfide) groups is 1. The van der Waals surface area contributed by atoms with Crippen molar-refractivity contribution in [2.75, 3.05) is 12.3 Å². The summed E-state index contributed by atoms with van der Waals surface area (Å²) in [5, 5.41) is 1.47. The van der Waals surface area contributed by atoms with Crippen molar-refractivity contribution in [1.29, 1.82) is 0 Å². The SMILES string of the molecule is CCOC(=O)c1cnc(S[C@H](C)C(=O)NC(N)=O)nc1N. The summed E-state index contributed by atoms with van der Waals surface area (Å²) in [6.07, 6.45) is 1.22. The lowest BCUT2D eigenvalue weighted by Gasteiger charge is -2.10. The number of hydrogen-bond donors (Lipinski definition) is 3. The van der Waals surface area contributed by atoms with E-state index in [2.05, 4.69) is 9.97 Å². The highest BCUT2D eigenvalue weighted by Crippen LogP contribution is 2.21. The third-order valence-electron chi connectivity index (χ3n) is 2.19. The van der Waals surface area contributed by atoms with E-state index in [9.17, 15) is 14.4 Å². The molecule has 1 aromatic heterocycles. The van der Waals surface area contributed by atoms with Gasteiger partial charge in [0.15, 0.2) is 5.16 Å². The molecule has 1 aromatic rings. The molecule has 5 N–H and O–H groups in total. The summed E-state index contributed by atoms with van der Waals surface area (Å²) in [5.41, 5.74) is 10.5. The Morgan fingerprint density at radius 2 is 2.14 bits per heavy atom. The maximum Gasteiger partial charge on any atom is 0.343 e. The van der Waals surface area contributed by atoms with Crippen molar-refractivity contribution >= 4 is 35.5 Å². The van der Waals surface area contributed by atoms with E-state index < -0.39 is 23.2 Å². The lowest BCUT2D eigenvalue weighted by atomic mass is 10.3. The molecule has 10 heteroatoms. The molecular weight excluding hydrogens is 298 g/mol. The fraction of sp³-hybridized carbons (Fsp3) is 0.364. The van der Waals surface area contributed by atoms with Crippen molar-refractivity contribution in [2.45, 2.75) is 24.3 Å². The smallest absolute Gasteiger partial charge is 0.343 e. The van der Waals surface area contributed by atoms with Gasteiger partial charge in [-0.05, 0) is 13.8 Å². The lowest BCUT2D eigenvalue weighted by Crippen LogP contribution is -2.39. The molecular formula is C11H15N5O4S. The van der Waals surface area contributed by atoms with Crippen LogP contribution in [0.2, 0.25) is 0 Å². The zero-order valence-corrected chi connectivity index (χ0v) is 12.3. The molecule has 0 unspecified atom stereocenters. The fourth-order valence-corrected chi connectivity index (χ4v) is 1.98. The largest absolute Gasteiger partial charge is 0.462 e. The number of ether oxygens (including phenoxy) is 1. The molecule has 0 saturated heterocycles. The molecule has 1 heterocycles. The number of rotatable bonds is 5. The monoisotopic (exact) mass is 313 g/mol. The molecule has 0 aromatic carbocycles. The van der Waals surface area contributed by atoms with Gasteiger partial charge in [0.1, 0.15) is 11.4 Å². The van der Waals surface area contributed by atoms with Crippen molar-refractivity contribution in [2.24, 2.45) is 5.73 Å².